The lowest BCUT2D eigenvalue weighted by atomic mass is 9.83. The first-order valence-electron chi connectivity index (χ1n) is 18.7. The zero-order chi connectivity index (χ0) is 36.3. The Bertz CT molecular complexity index is 2380. The Morgan fingerprint density at radius 3 is 1.08 bits per heavy atom. The second-order valence-electron chi connectivity index (χ2n) is 15.4. The maximum atomic E-state index is 2.50. The molecule has 0 N–H and O–H groups in total. The van der Waals surface area contributed by atoms with E-state index in [1.807, 2.05) is 0 Å². The number of hydrogen-bond acceptors (Lipinski definition) is 2. The van der Waals surface area contributed by atoms with Crippen LogP contribution in [0, 0.1) is 27.7 Å². The molecule has 2 heteroatoms. The number of hydrogen-bond donors (Lipinski definition) is 0. The Morgan fingerprint density at radius 1 is 0.346 bits per heavy atom. The van der Waals surface area contributed by atoms with Crippen molar-refractivity contribution >= 4 is 66.4 Å². The molecule has 52 heavy (non-hydrogen) atoms. The molecule has 0 fully saturated rings. The largest absolute Gasteiger partial charge is 0.310 e. The van der Waals surface area contributed by atoms with Crippen molar-refractivity contribution in [1.29, 1.82) is 0 Å². The van der Waals surface area contributed by atoms with E-state index < -0.39 is 0 Å². The van der Waals surface area contributed by atoms with Gasteiger partial charge in [-0.25, -0.2) is 0 Å². The predicted molar refractivity (Wildman–Crippen MR) is 227 cm³/mol. The van der Waals surface area contributed by atoms with Crippen molar-refractivity contribution in [3.8, 4) is 0 Å². The van der Waals surface area contributed by atoms with E-state index in [9.17, 15) is 0 Å². The summed E-state index contributed by atoms with van der Waals surface area (Å²) in [5.41, 5.74) is 14.8. The molecular weight excluding hydrogens is 629 g/mol. The molecule has 0 saturated heterocycles. The molecule has 0 spiro atoms. The number of benzene rings is 8. The molecule has 8 aromatic rings. The lowest BCUT2D eigenvalue weighted by Crippen LogP contribution is -2.12. The number of aryl methyl sites for hydroxylation is 4. The van der Waals surface area contributed by atoms with Gasteiger partial charge < -0.3 is 9.80 Å². The Morgan fingerprint density at radius 2 is 0.731 bits per heavy atom. The summed E-state index contributed by atoms with van der Waals surface area (Å²) in [5.74, 6) is 0.679. The summed E-state index contributed by atoms with van der Waals surface area (Å²) in [6.45, 7) is 18.0. The van der Waals surface area contributed by atoms with Crippen molar-refractivity contribution in [2.24, 2.45) is 0 Å². The topological polar surface area (TPSA) is 6.48 Å². The van der Waals surface area contributed by atoms with Crippen LogP contribution in [-0.2, 0) is 0 Å². The van der Waals surface area contributed by atoms with Crippen LogP contribution in [0.2, 0.25) is 0 Å². The third-order valence-electron chi connectivity index (χ3n) is 10.7. The third kappa shape index (κ3) is 5.77. The molecule has 0 aliphatic carbocycles. The van der Waals surface area contributed by atoms with Crippen LogP contribution in [0.15, 0.2) is 133 Å². The van der Waals surface area contributed by atoms with Crippen LogP contribution in [0.1, 0.15) is 72.9 Å². The van der Waals surface area contributed by atoms with Gasteiger partial charge in [-0.3, -0.25) is 0 Å². The van der Waals surface area contributed by atoms with Gasteiger partial charge in [-0.05, 0) is 156 Å². The maximum absolute atomic E-state index is 2.50. The molecule has 0 unspecified atom stereocenters. The fraction of sp³-hybridized carbons (Fsp3) is 0.200. The SMILES string of the molecule is Cc1ccc(N(c2cccc(C)c2)c2ccc3c(C(C)C)cc4c(N(c5ccc(C)cc5)c5cccc(C)c5)ccc5c(C(C)C)cc2c3c54)cc1. The monoisotopic (exact) mass is 676 g/mol. The van der Waals surface area contributed by atoms with E-state index >= 15 is 0 Å². The van der Waals surface area contributed by atoms with Gasteiger partial charge in [0.25, 0.3) is 0 Å². The van der Waals surface area contributed by atoms with E-state index in [4.69, 9.17) is 0 Å². The van der Waals surface area contributed by atoms with E-state index in [2.05, 4.69) is 199 Å². The molecule has 0 saturated carbocycles. The molecule has 0 atom stereocenters. The quantitative estimate of drug-likeness (QED) is 0.148. The lowest BCUT2D eigenvalue weighted by molar-refractivity contribution is 0.876. The standard InChI is InChI=1S/C50H48N2/c1-31(2)43-29-45-47(51(37-19-15-33(5)16-20-37)39-13-9-11-35(7)27-39)26-24-42-44(32(3)4)30-46-48(25-23-41(43)49(46)50(42)45)52(38-21-17-34(6)18-22-38)40-14-10-12-36(8)28-40/h9-32H,1-8H3. The zero-order valence-electron chi connectivity index (χ0n) is 31.8. The molecule has 0 aliphatic heterocycles. The van der Waals surface area contributed by atoms with Crippen molar-refractivity contribution in [3.63, 3.8) is 0 Å². The minimum Gasteiger partial charge on any atom is -0.310 e. The van der Waals surface area contributed by atoms with Crippen LogP contribution in [0.4, 0.5) is 34.1 Å². The highest BCUT2D eigenvalue weighted by Gasteiger charge is 2.25. The van der Waals surface area contributed by atoms with Gasteiger partial charge >= 0.3 is 0 Å². The fourth-order valence-electron chi connectivity index (χ4n) is 8.12. The van der Waals surface area contributed by atoms with Crippen molar-refractivity contribution in [1.82, 2.24) is 0 Å². The molecule has 8 rings (SSSR count). The van der Waals surface area contributed by atoms with Gasteiger partial charge in [0, 0.05) is 33.5 Å². The van der Waals surface area contributed by atoms with Gasteiger partial charge in [0.15, 0.2) is 0 Å². The van der Waals surface area contributed by atoms with E-state index in [1.165, 1.54) is 88.4 Å². The van der Waals surface area contributed by atoms with Crippen LogP contribution in [0.5, 0.6) is 0 Å². The fourth-order valence-corrected chi connectivity index (χ4v) is 8.12. The Labute approximate surface area is 309 Å². The highest BCUT2D eigenvalue weighted by Crippen LogP contribution is 2.51. The average Bonchev–Trinajstić information content (AvgIpc) is 3.13. The van der Waals surface area contributed by atoms with Gasteiger partial charge in [0.05, 0.1) is 11.4 Å². The van der Waals surface area contributed by atoms with Gasteiger partial charge in [0.1, 0.15) is 0 Å². The highest BCUT2D eigenvalue weighted by molar-refractivity contribution is 6.29. The van der Waals surface area contributed by atoms with Crippen LogP contribution in [0.3, 0.4) is 0 Å². The third-order valence-corrected chi connectivity index (χ3v) is 10.7. The molecule has 258 valence electrons. The first-order chi connectivity index (χ1) is 25.1. The average molecular weight is 677 g/mol. The minimum atomic E-state index is 0.340. The Hall–Kier alpha value is -5.60. The Balaban J connectivity index is 1.52. The summed E-state index contributed by atoms with van der Waals surface area (Å²) < 4.78 is 0. The van der Waals surface area contributed by atoms with Gasteiger partial charge in [-0.2, -0.15) is 0 Å². The summed E-state index contributed by atoms with van der Waals surface area (Å²) in [4.78, 5) is 4.92. The second kappa shape index (κ2) is 13.2. The van der Waals surface area contributed by atoms with Crippen molar-refractivity contribution in [3.05, 3.63) is 167 Å². The van der Waals surface area contributed by atoms with Crippen LogP contribution in [-0.4, -0.2) is 0 Å². The molecule has 0 bridgehead atoms. The van der Waals surface area contributed by atoms with Gasteiger partial charge in [0.2, 0.25) is 0 Å². The van der Waals surface area contributed by atoms with Crippen LogP contribution >= 0.6 is 0 Å². The molecular formula is C50H48N2. The maximum Gasteiger partial charge on any atom is 0.0540 e. The minimum absolute atomic E-state index is 0.340. The number of anilines is 6. The van der Waals surface area contributed by atoms with Gasteiger partial charge in [-0.1, -0.05) is 99.5 Å². The van der Waals surface area contributed by atoms with Crippen molar-refractivity contribution < 1.29 is 0 Å². The molecule has 0 heterocycles. The van der Waals surface area contributed by atoms with E-state index in [0.29, 0.717) is 11.8 Å². The number of nitrogens with zero attached hydrogens (tertiary/aromatic N) is 2. The molecule has 0 aliphatic rings. The van der Waals surface area contributed by atoms with E-state index in [1.54, 1.807) is 0 Å². The normalized spacial score (nSPS) is 11.8. The van der Waals surface area contributed by atoms with Crippen LogP contribution in [0.25, 0.3) is 32.3 Å². The summed E-state index contributed by atoms with van der Waals surface area (Å²) >= 11 is 0. The summed E-state index contributed by atoms with van der Waals surface area (Å²) in [5, 5.41) is 7.94. The van der Waals surface area contributed by atoms with Gasteiger partial charge in [-0.15, -0.1) is 0 Å². The molecule has 0 radical (unpaired) electrons. The first-order valence-corrected chi connectivity index (χ1v) is 18.7. The smallest absolute Gasteiger partial charge is 0.0540 e. The van der Waals surface area contributed by atoms with Crippen molar-refractivity contribution in [2.45, 2.75) is 67.2 Å². The summed E-state index contributed by atoms with van der Waals surface area (Å²) in [6.07, 6.45) is 0. The van der Waals surface area contributed by atoms with E-state index in [-0.39, 0.29) is 0 Å². The molecule has 2 nitrogen and oxygen atoms in total. The molecule has 0 amide bonds. The second-order valence-corrected chi connectivity index (χ2v) is 15.4. The summed E-state index contributed by atoms with van der Waals surface area (Å²) in [6, 6.07) is 50.3. The van der Waals surface area contributed by atoms with Crippen LogP contribution < -0.4 is 9.80 Å². The molecule has 8 aromatic carbocycles. The summed E-state index contributed by atoms with van der Waals surface area (Å²) in [7, 11) is 0. The Kier molecular flexibility index (Phi) is 8.50. The predicted octanol–water partition coefficient (Wildman–Crippen LogP) is 15.0. The first kappa shape index (κ1) is 33.5. The van der Waals surface area contributed by atoms with Crippen molar-refractivity contribution in [2.75, 3.05) is 9.80 Å². The van der Waals surface area contributed by atoms with E-state index in [0.717, 1.165) is 11.4 Å². The number of rotatable bonds is 8. The molecule has 0 aromatic heterocycles. The lowest BCUT2D eigenvalue weighted by Gasteiger charge is -2.31. The highest BCUT2D eigenvalue weighted by atomic mass is 15.1. The zero-order valence-corrected chi connectivity index (χ0v) is 31.8.